The quantitative estimate of drug-likeness (QED) is 0.402. The van der Waals surface area contributed by atoms with Crippen LogP contribution in [0.2, 0.25) is 0 Å². The predicted octanol–water partition coefficient (Wildman–Crippen LogP) is 4.52. The maximum atomic E-state index is 13.9. The van der Waals surface area contributed by atoms with Crippen molar-refractivity contribution in [2.24, 2.45) is 0 Å². The Morgan fingerprint density at radius 2 is 1.43 bits per heavy atom. The number of hydrogen-bond donors (Lipinski definition) is 1. The van der Waals surface area contributed by atoms with Gasteiger partial charge in [0, 0.05) is 12.6 Å². The molecule has 37 heavy (non-hydrogen) atoms. The molecular weight excluding hydrogens is 486 g/mol. The van der Waals surface area contributed by atoms with Crippen LogP contribution in [-0.4, -0.2) is 43.8 Å². The van der Waals surface area contributed by atoms with Gasteiger partial charge in [0.15, 0.2) is 0 Å². The number of anilines is 1. The van der Waals surface area contributed by atoms with E-state index in [9.17, 15) is 18.0 Å². The summed E-state index contributed by atoms with van der Waals surface area (Å²) >= 11 is 0. The number of rotatable bonds is 11. The number of aryl methyl sites for hydroxylation is 1. The molecule has 0 heterocycles. The van der Waals surface area contributed by atoms with Gasteiger partial charge < -0.3 is 10.2 Å². The molecule has 1 N–H and O–H groups in total. The van der Waals surface area contributed by atoms with Gasteiger partial charge in [0.05, 0.1) is 10.6 Å². The average Bonchev–Trinajstić information content (AvgIpc) is 2.88. The summed E-state index contributed by atoms with van der Waals surface area (Å²) in [6.07, 6.45) is 0.382. The number of hydrogen-bond acceptors (Lipinski definition) is 4. The average molecular weight is 522 g/mol. The fraction of sp³-hybridized carbons (Fsp3) is 0.310. The third-order valence-electron chi connectivity index (χ3n) is 5.94. The molecule has 196 valence electrons. The van der Waals surface area contributed by atoms with E-state index in [2.05, 4.69) is 5.32 Å². The molecule has 1 atom stereocenters. The zero-order chi connectivity index (χ0) is 27.0. The van der Waals surface area contributed by atoms with E-state index in [0.717, 1.165) is 15.4 Å². The standard InChI is InChI=1S/C29H35N3O4S/c1-5-27(29(34)30-22(2)3)31(20-24-18-16-23(4)17-19-24)28(33)21-32(25-12-8-6-9-13-25)37(35,36)26-14-10-7-11-15-26/h6-19,22,27H,5,20-21H2,1-4H3,(H,30,34)/t27-/m1/s1. The Hall–Kier alpha value is -3.65. The van der Waals surface area contributed by atoms with Crippen LogP contribution < -0.4 is 9.62 Å². The number of carbonyl (C=O) groups excluding carboxylic acids is 2. The van der Waals surface area contributed by atoms with Gasteiger partial charge in [-0.2, -0.15) is 0 Å². The fourth-order valence-electron chi connectivity index (χ4n) is 4.03. The first-order valence-electron chi connectivity index (χ1n) is 12.4. The summed E-state index contributed by atoms with van der Waals surface area (Å²) in [7, 11) is -4.05. The van der Waals surface area contributed by atoms with Crippen LogP contribution in [-0.2, 0) is 26.2 Å². The van der Waals surface area contributed by atoms with Crippen molar-refractivity contribution in [3.8, 4) is 0 Å². The lowest BCUT2D eigenvalue weighted by Gasteiger charge is -2.33. The minimum absolute atomic E-state index is 0.0846. The molecule has 0 radical (unpaired) electrons. The summed E-state index contributed by atoms with van der Waals surface area (Å²) in [6.45, 7) is 7.27. The van der Waals surface area contributed by atoms with E-state index >= 15 is 0 Å². The van der Waals surface area contributed by atoms with Gasteiger partial charge in [0.1, 0.15) is 12.6 Å². The smallest absolute Gasteiger partial charge is 0.264 e. The summed E-state index contributed by atoms with van der Waals surface area (Å²) in [4.78, 5) is 28.6. The van der Waals surface area contributed by atoms with Gasteiger partial charge in [-0.1, -0.05) is 73.2 Å². The molecule has 0 fully saturated rings. The number of nitrogens with zero attached hydrogens (tertiary/aromatic N) is 2. The highest BCUT2D eigenvalue weighted by atomic mass is 32.2. The van der Waals surface area contributed by atoms with E-state index in [0.29, 0.717) is 12.1 Å². The number of carbonyl (C=O) groups is 2. The maximum absolute atomic E-state index is 13.9. The third-order valence-corrected chi connectivity index (χ3v) is 7.73. The van der Waals surface area contributed by atoms with E-state index in [1.807, 2.05) is 52.0 Å². The van der Waals surface area contributed by atoms with Gasteiger partial charge in [-0.25, -0.2) is 8.42 Å². The molecule has 0 aliphatic rings. The van der Waals surface area contributed by atoms with Crippen molar-refractivity contribution >= 4 is 27.5 Å². The normalized spacial score (nSPS) is 12.1. The summed E-state index contributed by atoms with van der Waals surface area (Å²) < 4.78 is 28.5. The molecule has 0 spiro atoms. The first kappa shape index (κ1) is 27.9. The highest BCUT2D eigenvalue weighted by Crippen LogP contribution is 2.24. The Morgan fingerprint density at radius 1 is 0.865 bits per heavy atom. The molecule has 2 amide bonds. The zero-order valence-corrected chi connectivity index (χ0v) is 22.6. The van der Waals surface area contributed by atoms with Gasteiger partial charge in [-0.3, -0.25) is 13.9 Å². The third kappa shape index (κ3) is 7.20. The fourth-order valence-corrected chi connectivity index (χ4v) is 5.47. The van der Waals surface area contributed by atoms with E-state index in [4.69, 9.17) is 0 Å². The summed E-state index contributed by atoms with van der Waals surface area (Å²) in [5.74, 6) is -0.732. The summed E-state index contributed by atoms with van der Waals surface area (Å²) in [6, 6.07) is 23.4. The van der Waals surface area contributed by atoms with Crippen LogP contribution in [0, 0.1) is 6.92 Å². The van der Waals surface area contributed by atoms with E-state index in [1.54, 1.807) is 48.5 Å². The summed E-state index contributed by atoms with van der Waals surface area (Å²) in [5.41, 5.74) is 2.30. The Bertz CT molecular complexity index is 1280. The lowest BCUT2D eigenvalue weighted by molar-refractivity contribution is -0.140. The molecule has 0 bridgehead atoms. The lowest BCUT2D eigenvalue weighted by atomic mass is 10.1. The number of amides is 2. The van der Waals surface area contributed by atoms with Crippen molar-refractivity contribution in [1.82, 2.24) is 10.2 Å². The van der Waals surface area contributed by atoms with Gasteiger partial charge in [-0.15, -0.1) is 0 Å². The number of sulfonamides is 1. The second kappa shape index (κ2) is 12.5. The molecule has 0 saturated carbocycles. The highest BCUT2D eigenvalue weighted by Gasteiger charge is 2.33. The van der Waals surface area contributed by atoms with Gasteiger partial charge in [0.25, 0.3) is 10.0 Å². The van der Waals surface area contributed by atoms with E-state index in [1.165, 1.54) is 17.0 Å². The molecular formula is C29H35N3O4S. The Kier molecular flexibility index (Phi) is 9.47. The lowest BCUT2D eigenvalue weighted by Crippen LogP contribution is -2.53. The van der Waals surface area contributed by atoms with Crippen molar-refractivity contribution in [3.05, 3.63) is 96.1 Å². The van der Waals surface area contributed by atoms with Crippen molar-refractivity contribution in [2.75, 3.05) is 10.8 Å². The topological polar surface area (TPSA) is 86.8 Å². The SMILES string of the molecule is CC[C@H](C(=O)NC(C)C)N(Cc1ccc(C)cc1)C(=O)CN(c1ccccc1)S(=O)(=O)c1ccccc1. The molecule has 3 aromatic carbocycles. The zero-order valence-electron chi connectivity index (χ0n) is 21.8. The van der Waals surface area contributed by atoms with Gasteiger partial charge in [0.2, 0.25) is 11.8 Å². The van der Waals surface area contributed by atoms with Crippen molar-refractivity contribution < 1.29 is 18.0 Å². The Labute approximate surface area is 220 Å². The number of para-hydroxylation sites is 1. The first-order chi connectivity index (χ1) is 17.6. The second-order valence-corrected chi connectivity index (χ2v) is 11.1. The van der Waals surface area contributed by atoms with Crippen LogP contribution in [0.5, 0.6) is 0 Å². The first-order valence-corrected chi connectivity index (χ1v) is 13.9. The van der Waals surface area contributed by atoms with Gasteiger partial charge in [-0.05, 0) is 57.0 Å². The molecule has 0 aliphatic heterocycles. The molecule has 7 nitrogen and oxygen atoms in total. The molecule has 0 aliphatic carbocycles. The number of benzene rings is 3. The largest absolute Gasteiger partial charge is 0.352 e. The van der Waals surface area contributed by atoms with Crippen molar-refractivity contribution in [3.63, 3.8) is 0 Å². The van der Waals surface area contributed by atoms with Crippen LogP contribution in [0.1, 0.15) is 38.3 Å². The molecule has 0 saturated heterocycles. The minimum Gasteiger partial charge on any atom is -0.352 e. The second-order valence-electron chi connectivity index (χ2n) is 9.25. The van der Waals surface area contributed by atoms with Crippen LogP contribution in [0.4, 0.5) is 5.69 Å². The monoisotopic (exact) mass is 521 g/mol. The molecule has 0 unspecified atom stereocenters. The molecule has 8 heteroatoms. The van der Waals surface area contributed by atoms with Crippen LogP contribution in [0.15, 0.2) is 89.8 Å². The van der Waals surface area contributed by atoms with Gasteiger partial charge >= 0.3 is 0 Å². The van der Waals surface area contributed by atoms with Crippen LogP contribution in [0.3, 0.4) is 0 Å². The highest BCUT2D eigenvalue weighted by molar-refractivity contribution is 7.92. The minimum atomic E-state index is -4.05. The molecule has 3 aromatic rings. The maximum Gasteiger partial charge on any atom is 0.264 e. The predicted molar refractivity (Wildman–Crippen MR) is 147 cm³/mol. The Morgan fingerprint density at radius 3 is 1.97 bits per heavy atom. The Balaban J connectivity index is 2.02. The molecule has 3 rings (SSSR count). The number of nitrogens with one attached hydrogen (secondary N) is 1. The van der Waals surface area contributed by atoms with E-state index < -0.39 is 28.5 Å². The molecule has 0 aromatic heterocycles. The van der Waals surface area contributed by atoms with Crippen LogP contribution >= 0.6 is 0 Å². The van der Waals surface area contributed by atoms with Crippen LogP contribution in [0.25, 0.3) is 0 Å². The van der Waals surface area contributed by atoms with E-state index in [-0.39, 0.29) is 23.4 Å². The summed E-state index contributed by atoms with van der Waals surface area (Å²) in [5, 5.41) is 2.90. The van der Waals surface area contributed by atoms with Crippen molar-refractivity contribution in [1.29, 1.82) is 0 Å². The van der Waals surface area contributed by atoms with Crippen molar-refractivity contribution in [2.45, 2.75) is 57.6 Å².